The number of carbonyl (C=O) groups is 2. The monoisotopic (exact) mass is 562 g/mol. The summed E-state index contributed by atoms with van der Waals surface area (Å²) < 4.78 is 17.3. The summed E-state index contributed by atoms with van der Waals surface area (Å²) in [5.74, 6) is -1.95. The zero-order valence-corrected chi connectivity index (χ0v) is 22.4. The summed E-state index contributed by atoms with van der Waals surface area (Å²) >= 11 is 0. The quantitative estimate of drug-likeness (QED) is 0.186. The number of benzene rings is 2. The summed E-state index contributed by atoms with van der Waals surface area (Å²) in [4.78, 5) is 26.1. The first-order valence-electron chi connectivity index (χ1n) is 12.4. The molecule has 0 amide bonds. The molecule has 210 valence electrons. The molecule has 1 aliphatic heterocycles. The summed E-state index contributed by atoms with van der Waals surface area (Å²) in [6.45, 7) is 2.87. The average Bonchev–Trinajstić information content (AvgIpc) is 2.87. The minimum atomic E-state index is -1.95. The number of aliphatic hydroxyl groups is 2. The molecule has 2 aromatic carbocycles. The first-order chi connectivity index (χ1) is 17.9. The normalized spacial score (nSPS) is 29.5. The van der Waals surface area contributed by atoms with Gasteiger partial charge in [0.2, 0.25) is 0 Å². The first-order valence-corrected chi connectivity index (χ1v) is 12.4. The minimum Gasteiger partial charge on any atom is -1.00 e. The SMILES string of the molecule is COc1cccc2c1C(=N)c1c(O)c3c(c(O)c1C2=O)C[C@@](O)(C(C)=O)C[C@@H]3OC1CC([NH3+])C(O)C(C)O1.[Cl-]. The number of ether oxygens (including phenoxy) is 3. The third-order valence-corrected chi connectivity index (χ3v) is 7.92. The molecule has 39 heavy (non-hydrogen) atoms. The van der Waals surface area contributed by atoms with E-state index in [-0.39, 0.29) is 76.5 Å². The molecule has 0 radical (unpaired) electrons. The molecule has 0 spiro atoms. The van der Waals surface area contributed by atoms with Gasteiger partial charge >= 0.3 is 0 Å². The second-order valence-electron chi connectivity index (χ2n) is 10.3. The minimum absolute atomic E-state index is 0. The van der Waals surface area contributed by atoms with Crippen LogP contribution in [0, 0.1) is 5.41 Å². The van der Waals surface area contributed by atoms with Crippen molar-refractivity contribution >= 4 is 17.3 Å². The van der Waals surface area contributed by atoms with Gasteiger partial charge in [0.1, 0.15) is 35.0 Å². The molecule has 1 heterocycles. The molecule has 1 saturated heterocycles. The van der Waals surface area contributed by atoms with Crippen LogP contribution in [0.25, 0.3) is 0 Å². The molecule has 6 atom stereocenters. The smallest absolute Gasteiger partial charge is 0.198 e. The summed E-state index contributed by atoms with van der Waals surface area (Å²) in [5.41, 5.74) is 1.62. The number of phenolic OH excluding ortho intramolecular Hbond substituents is 2. The number of ketones is 2. The Labute approximate surface area is 230 Å². The molecule has 0 bridgehead atoms. The van der Waals surface area contributed by atoms with Crippen LogP contribution in [-0.4, -0.2) is 75.0 Å². The number of hydrogen-bond donors (Lipinski definition) is 6. The van der Waals surface area contributed by atoms with E-state index in [1.807, 2.05) is 0 Å². The number of Topliss-reactive ketones (excluding diaryl/α,β-unsaturated/α-hetero) is 1. The summed E-state index contributed by atoms with van der Waals surface area (Å²) in [5, 5.41) is 53.3. The largest absolute Gasteiger partial charge is 1.00 e. The highest BCUT2D eigenvalue weighted by Crippen LogP contribution is 2.52. The highest BCUT2D eigenvalue weighted by atomic mass is 35.5. The summed E-state index contributed by atoms with van der Waals surface area (Å²) in [6, 6.07) is 4.25. The number of hydrogen-bond acceptors (Lipinski definition) is 10. The molecule has 2 aliphatic carbocycles. The van der Waals surface area contributed by atoms with Crippen molar-refractivity contribution in [3.05, 3.63) is 51.6 Å². The Hall–Kier alpha value is -3.06. The van der Waals surface area contributed by atoms with Gasteiger partial charge in [-0.25, -0.2) is 0 Å². The van der Waals surface area contributed by atoms with Gasteiger partial charge in [-0.1, -0.05) is 12.1 Å². The fourth-order valence-electron chi connectivity index (χ4n) is 5.77. The molecule has 0 aromatic heterocycles. The van der Waals surface area contributed by atoms with Crippen molar-refractivity contribution in [2.24, 2.45) is 0 Å². The summed E-state index contributed by atoms with van der Waals surface area (Å²) in [6.07, 6.45) is -3.89. The molecule has 8 N–H and O–H groups in total. The number of aromatic hydroxyl groups is 2. The standard InChI is InChI=1S/C27H30N2O9.ClH/c1-10-23(31)14(28)7-17(37-10)38-16-9-27(35,11(2)30)8-13-19(16)26(34)20-21(25(13)33)24(32)12-5-4-6-15(36-3)18(12)22(20)29;/h4-6,10,14,16-17,23,29,31,33-35H,7-9,28H2,1-3H3;1H/t10?,14?,16-,17?,23?,27-;/m0./s1. The Kier molecular flexibility index (Phi) is 7.54. The van der Waals surface area contributed by atoms with E-state index in [9.17, 15) is 30.0 Å². The molecular formula is C27H31ClN2O9. The van der Waals surface area contributed by atoms with E-state index in [2.05, 4.69) is 5.73 Å². The Morgan fingerprint density at radius 3 is 2.51 bits per heavy atom. The van der Waals surface area contributed by atoms with Gasteiger partial charge in [0.25, 0.3) is 0 Å². The third-order valence-electron chi connectivity index (χ3n) is 7.92. The van der Waals surface area contributed by atoms with Crippen LogP contribution >= 0.6 is 0 Å². The van der Waals surface area contributed by atoms with Gasteiger partial charge in [0.15, 0.2) is 17.9 Å². The van der Waals surface area contributed by atoms with Crippen LogP contribution < -0.4 is 22.9 Å². The van der Waals surface area contributed by atoms with E-state index < -0.39 is 59.3 Å². The molecule has 11 nitrogen and oxygen atoms in total. The van der Waals surface area contributed by atoms with Crippen LogP contribution in [0.1, 0.15) is 71.0 Å². The van der Waals surface area contributed by atoms with Gasteiger partial charge < -0.3 is 52.8 Å². The van der Waals surface area contributed by atoms with E-state index >= 15 is 0 Å². The molecule has 3 aliphatic rings. The Morgan fingerprint density at radius 1 is 1.21 bits per heavy atom. The number of quaternary nitrogens is 1. The van der Waals surface area contributed by atoms with Crippen molar-refractivity contribution in [2.45, 2.75) is 69.4 Å². The number of halogens is 1. The lowest BCUT2D eigenvalue weighted by Gasteiger charge is -2.41. The van der Waals surface area contributed by atoms with Crippen LogP contribution in [0.15, 0.2) is 18.2 Å². The van der Waals surface area contributed by atoms with Gasteiger partial charge in [0.05, 0.1) is 48.1 Å². The van der Waals surface area contributed by atoms with E-state index in [1.54, 1.807) is 19.1 Å². The van der Waals surface area contributed by atoms with Crippen LogP contribution in [-0.2, 0) is 20.7 Å². The predicted octanol–water partition coefficient (Wildman–Crippen LogP) is -2.50. The number of carbonyl (C=O) groups excluding carboxylic acids is 2. The molecule has 5 rings (SSSR count). The van der Waals surface area contributed by atoms with E-state index in [0.717, 1.165) is 0 Å². The fraction of sp³-hybridized carbons (Fsp3) is 0.444. The third kappa shape index (κ3) is 4.39. The van der Waals surface area contributed by atoms with Crippen LogP contribution in [0.2, 0.25) is 0 Å². The highest BCUT2D eigenvalue weighted by Gasteiger charge is 2.49. The number of methoxy groups -OCH3 is 1. The molecule has 4 unspecified atom stereocenters. The Balaban J connectivity index is 0.00000353. The number of phenols is 2. The lowest BCUT2D eigenvalue weighted by Crippen LogP contribution is -3.00. The molecular weight excluding hydrogens is 532 g/mol. The van der Waals surface area contributed by atoms with Crippen molar-refractivity contribution in [2.75, 3.05) is 7.11 Å². The highest BCUT2D eigenvalue weighted by molar-refractivity contribution is 6.32. The summed E-state index contributed by atoms with van der Waals surface area (Å²) in [7, 11) is 1.40. The van der Waals surface area contributed by atoms with Crippen LogP contribution in [0.3, 0.4) is 0 Å². The van der Waals surface area contributed by atoms with Crippen LogP contribution in [0.4, 0.5) is 0 Å². The first kappa shape index (κ1) is 28.9. The van der Waals surface area contributed by atoms with E-state index in [1.165, 1.54) is 20.1 Å². The molecule has 0 saturated carbocycles. The molecule has 2 aromatic rings. The maximum Gasteiger partial charge on any atom is 0.198 e. The maximum atomic E-state index is 13.5. The molecule has 12 heteroatoms. The number of rotatable bonds is 4. The lowest BCUT2D eigenvalue weighted by molar-refractivity contribution is -0.466. The average molecular weight is 563 g/mol. The molecule has 1 fully saturated rings. The van der Waals surface area contributed by atoms with Gasteiger partial charge in [-0.2, -0.15) is 0 Å². The van der Waals surface area contributed by atoms with E-state index in [4.69, 9.17) is 19.6 Å². The van der Waals surface area contributed by atoms with E-state index in [0.29, 0.717) is 0 Å². The van der Waals surface area contributed by atoms with Crippen molar-refractivity contribution in [1.82, 2.24) is 0 Å². The topological polar surface area (TPSA) is 194 Å². The zero-order chi connectivity index (χ0) is 27.7. The Morgan fingerprint density at radius 2 is 1.90 bits per heavy atom. The maximum absolute atomic E-state index is 13.5. The number of fused-ring (bicyclic) bond motifs is 3. The van der Waals surface area contributed by atoms with Crippen molar-refractivity contribution in [1.29, 1.82) is 5.41 Å². The second-order valence-corrected chi connectivity index (χ2v) is 10.3. The fourth-order valence-corrected chi connectivity index (χ4v) is 5.77. The van der Waals surface area contributed by atoms with Gasteiger partial charge in [-0.3, -0.25) is 15.0 Å². The lowest BCUT2D eigenvalue weighted by atomic mass is 9.72. The van der Waals surface area contributed by atoms with Crippen molar-refractivity contribution < 1.29 is 62.4 Å². The number of nitrogens with one attached hydrogen (secondary N) is 1. The van der Waals surface area contributed by atoms with Crippen LogP contribution in [0.5, 0.6) is 17.2 Å². The number of aliphatic hydroxyl groups excluding tert-OH is 1. The predicted molar refractivity (Wildman–Crippen MR) is 132 cm³/mol. The van der Waals surface area contributed by atoms with Gasteiger partial charge in [-0.15, -0.1) is 0 Å². The second kappa shape index (κ2) is 10.2. The van der Waals surface area contributed by atoms with Gasteiger partial charge in [0, 0.05) is 29.5 Å². The zero-order valence-electron chi connectivity index (χ0n) is 21.7. The van der Waals surface area contributed by atoms with Crippen molar-refractivity contribution in [3.63, 3.8) is 0 Å². The van der Waals surface area contributed by atoms with Crippen molar-refractivity contribution in [3.8, 4) is 17.2 Å². The Bertz CT molecular complexity index is 1370. The van der Waals surface area contributed by atoms with Gasteiger partial charge in [-0.05, 0) is 19.9 Å².